The number of nitrogens with one attached hydrogen (secondary N) is 2. The number of carbonyl (C=O) groups excluding carboxylic acids is 2. The number of anilines is 3. The Morgan fingerprint density at radius 1 is 0.544 bits per heavy atom. The molecule has 0 radical (unpaired) electrons. The number of ether oxygens (including phenoxy) is 2. The van der Waals surface area contributed by atoms with Crippen molar-refractivity contribution in [3.63, 3.8) is 0 Å². The molecule has 0 heterocycles. The zero-order chi connectivity index (χ0) is 52.7. The van der Waals surface area contributed by atoms with Crippen LogP contribution in [0.5, 0.6) is 11.5 Å². The zero-order valence-corrected chi connectivity index (χ0v) is 34.5. The highest BCUT2D eigenvalue weighted by molar-refractivity contribution is 9.11. The molecule has 0 unspecified atom stereocenters. The Hall–Kier alpha value is -5.96. The van der Waals surface area contributed by atoms with Crippen molar-refractivity contribution in [1.82, 2.24) is 0 Å². The van der Waals surface area contributed by atoms with Crippen molar-refractivity contribution >= 4 is 66.4 Å². The number of benzene rings is 4. The molecule has 68 heavy (non-hydrogen) atoms. The van der Waals surface area contributed by atoms with Gasteiger partial charge < -0.3 is 25.8 Å². The first-order chi connectivity index (χ1) is 30.5. The van der Waals surface area contributed by atoms with E-state index in [1.54, 1.807) is 5.32 Å². The Balaban J connectivity index is 0.000000361. The van der Waals surface area contributed by atoms with Gasteiger partial charge in [-0.2, -0.15) is 57.1 Å². The van der Waals surface area contributed by atoms with E-state index >= 15 is 0 Å². The summed E-state index contributed by atoms with van der Waals surface area (Å²) in [6, 6.07) is 3.42. The van der Waals surface area contributed by atoms with Crippen LogP contribution in [0.15, 0.2) is 69.6 Å². The van der Waals surface area contributed by atoms with Gasteiger partial charge in [0.2, 0.25) is 5.82 Å². The van der Waals surface area contributed by atoms with Gasteiger partial charge >= 0.3 is 54.5 Å². The van der Waals surface area contributed by atoms with Crippen molar-refractivity contribution in [2.24, 2.45) is 0 Å². The van der Waals surface area contributed by atoms with E-state index in [9.17, 15) is 116 Å². The van der Waals surface area contributed by atoms with Gasteiger partial charge in [0, 0.05) is 26.1 Å². The summed E-state index contributed by atoms with van der Waals surface area (Å²) < 4.78 is 294. The quantitative estimate of drug-likeness (QED) is 0.0655. The summed E-state index contributed by atoms with van der Waals surface area (Å²) in [5.74, 6) is -10.1. The van der Waals surface area contributed by atoms with Crippen LogP contribution in [0.3, 0.4) is 0 Å². The molecule has 0 spiro atoms. The number of nitrogens with two attached hydrogens (primary N) is 1. The standard InChI is InChI=1S/C17H6BrF11N2O4.C17H8BrF11N2O2/c18-8-4-6(14(20,15(21,22)23)16(24,25)26)5-10(35-17(27,28)29)12(8)30-13(32)7-2-1-3-9(11(7)19)31(33)34;18-8-4-6(14(20,15(21,22)23)16(24,25)26)5-10(33-17(27,28)29)12(8)31-13(32)7-2-1-3-9(30)11(7)19/h1-5H,(H,30,32);1-5H,30H2,(H,31,32). The molecular weight excluding hydrogens is 1140 g/mol. The number of nitrogens with zero attached hydrogens (tertiary/aromatic N) is 1. The zero-order valence-electron chi connectivity index (χ0n) is 31.3. The lowest BCUT2D eigenvalue weighted by Crippen LogP contribution is -2.50. The summed E-state index contributed by atoms with van der Waals surface area (Å²) in [5, 5.41) is 13.9. The summed E-state index contributed by atoms with van der Waals surface area (Å²) in [5.41, 5.74) is -18.0. The number of nitro groups is 1. The lowest BCUT2D eigenvalue weighted by atomic mass is 9.93. The molecule has 0 atom stereocenters. The molecule has 0 saturated carbocycles. The Morgan fingerprint density at radius 3 is 1.18 bits per heavy atom. The largest absolute Gasteiger partial charge is 0.573 e. The molecule has 374 valence electrons. The number of hydrogen-bond acceptors (Lipinski definition) is 7. The van der Waals surface area contributed by atoms with Crippen LogP contribution in [0.2, 0.25) is 0 Å². The van der Waals surface area contributed by atoms with Crippen LogP contribution in [0.1, 0.15) is 31.8 Å². The first kappa shape index (κ1) is 56.4. The van der Waals surface area contributed by atoms with Crippen molar-refractivity contribution in [2.75, 3.05) is 16.4 Å². The van der Waals surface area contributed by atoms with Gasteiger partial charge in [0.1, 0.15) is 0 Å². The van der Waals surface area contributed by atoms with Gasteiger partial charge in [-0.1, -0.05) is 12.1 Å². The molecule has 0 fully saturated rings. The average molecular weight is 1150 g/mol. The second-order valence-electron chi connectivity index (χ2n) is 12.6. The van der Waals surface area contributed by atoms with Gasteiger partial charge in [-0.15, -0.1) is 26.3 Å². The highest BCUT2D eigenvalue weighted by Crippen LogP contribution is 2.57. The average Bonchev–Trinajstić information content (AvgIpc) is 3.14. The van der Waals surface area contributed by atoms with Crippen LogP contribution in [-0.4, -0.2) is 54.2 Å². The topological polar surface area (TPSA) is 146 Å². The van der Waals surface area contributed by atoms with Crippen LogP contribution >= 0.6 is 31.9 Å². The van der Waals surface area contributed by atoms with Gasteiger partial charge in [0.15, 0.2) is 17.3 Å². The maximum atomic E-state index is 14.4. The lowest BCUT2D eigenvalue weighted by Gasteiger charge is -2.31. The van der Waals surface area contributed by atoms with Crippen LogP contribution in [0, 0.1) is 21.7 Å². The molecule has 34 heteroatoms. The number of nitrogen functional groups attached to an aromatic ring is 1. The molecule has 0 aliphatic rings. The molecule has 4 aromatic rings. The van der Waals surface area contributed by atoms with E-state index in [1.165, 1.54) is 5.32 Å². The molecule has 0 saturated heterocycles. The number of alkyl halides is 20. The highest BCUT2D eigenvalue weighted by Gasteiger charge is 2.75. The molecule has 0 bridgehead atoms. The van der Waals surface area contributed by atoms with E-state index in [0.717, 1.165) is 24.3 Å². The summed E-state index contributed by atoms with van der Waals surface area (Å²) in [4.78, 5) is 34.1. The number of nitro benzene ring substituents is 1. The minimum atomic E-state index is -6.70. The normalized spacial score (nSPS) is 13.0. The Morgan fingerprint density at radius 2 is 0.868 bits per heavy atom. The maximum absolute atomic E-state index is 14.4. The second kappa shape index (κ2) is 19.2. The fourth-order valence-electron chi connectivity index (χ4n) is 5.11. The Kier molecular flexibility index (Phi) is 15.9. The number of amides is 2. The molecule has 4 rings (SSSR count). The smallest absolute Gasteiger partial charge is 0.404 e. The van der Waals surface area contributed by atoms with Crippen LogP contribution in [0.4, 0.5) is 119 Å². The molecule has 10 nitrogen and oxygen atoms in total. The molecule has 4 N–H and O–H groups in total. The molecule has 4 aromatic carbocycles. The third-order valence-electron chi connectivity index (χ3n) is 8.09. The van der Waals surface area contributed by atoms with Gasteiger partial charge in [0.25, 0.3) is 11.8 Å². The Labute approximate surface area is 376 Å². The van der Waals surface area contributed by atoms with E-state index in [2.05, 4.69) is 41.3 Å². The van der Waals surface area contributed by atoms with Crippen LogP contribution in [0.25, 0.3) is 0 Å². The minimum absolute atomic E-state index is 0.157. The molecule has 0 aliphatic heterocycles. The van der Waals surface area contributed by atoms with Crippen LogP contribution in [-0.2, 0) is 11.3 Å². The van der Waals surface area contributed by atoms with Gasteiger partial charge in [-0.25, -0.2) is 13.2 Å². The fourth-order valence-corrected chi connectivity index (χ4v) is 6.20. The van der Waals surface area contributed by atoms with Gasteiger partial charge in [-0.05, 0) is 74.3 Å². The molecule has 0 aliphatic carbocycles. The molecular formula is C34H14Br2F22N4O6. The van der Waals surface area contributed by atoms with E-state index < -0.39 is 155 Å². The number of rotatable bonds is 9. The van der Waals surface area contributed by atoms with E-state index in [4.69, 9.17) is 5.73 Å². The first-order valence-electron chi connectivity index (χ1n) is 16.4. The fraction of sp³-hybridized carbons (Fsp3) is 0.235. The van der Waals surface area contributed by atoms with Crippen molar-refractivity contribution in [1.29, 1.82) is 0 Å². The predicted octanol–water partition coefficient (Wildman–Crippen LogP) is 13.5. The predicted molar refractivity (Wildman–Crippen MR) is 191 cm³/mol. The van der Waals surface area contributed by atoms with Crippen molar-refractivity contribution in [2.45, 2.75) is 48.8 Å². The highest BCUT2D eigenvalue weighted by atomic mass is 79.9. The summed E-state index contributed by atoms with van der Waals surface area (Å²) in [6.45, 7) is 0. The van der Waals surface area contributed by atoms with E-state index in [-0.39, 0.29) is 12.1 Å². The molecule has 0 aromatic heterocycles. The Bertz CT molecular complexity index is 2550. The minimum Gasteiger partial charge on any atom is -0.404 e. The SMILES string of the molecule is Nc1cccc(C(=O)Nc2c(Br)cc(C(F)(C(F)(F)F)C(F)(F)F)cc2OC(F)(F)F)c1F.O=C(Nc1c(Br)cc(C(F)(C(F)(F)F)C(F)(F)F)cc1OC(F)(F)F)c1cccc([N+](=O)[O-])c1F. The first-order valence-corrected chi connectivity index (χ1v) is 18.0. The van der Waals surface area contributed by atoms with Crippen LogP contribution < -0.4 is 25.8 Å². The van der Waals surface area contributed by atoms with E-state index in [0.29, 0.717) is 12.1 Å². The molecule has 2 amide bonds. The summed E-state index contributed by atoms with van der Waals surface area (Å²) >= 11 is 4.71. The summed E-state index contributed by atoms with van der Waals surface area (Å²) in [6.07, 6.45) is -38.2. The van der Waals surface area contributed by atoms with Crippen molar-refractivity contribution < 1.29 is 121 Å². The van der Waals surface area contributed by atoms with Crippen molar-refractivity contribution in [3.8, 4) is 11.5 Å². The lowest BCUT2D eigenvalue weighted by molar-refractivity contribution is -0.387. The maximum Gasteiger partial charge on any atom is 0.573 e. The van der Waals surface area contributed by atoms with Gasteiger partial charge in [-0.3, -0.25) is 19.7 Å². The number of carbonyl (C=O) groups is 2. The number of halogens is 24. The third kappa shape index (κ3) is 12.0. The number of hydrogen-bond donors (Lipinski definition) is 3. The second-order valence-corrected chi connectivity index (χ2v) is 14.3. The van der Waals surface area contributed by atoms with E-state index in [1.807, 2.05) is 0 Å². The van der Waals surface area contributed by atoms with Gasteiger partial charge in [0.05, 0.1) is 33.1 Å². The monoisotopic (exact) mass is 1150 g/mol. The van der Waals surface area contributed by atoms with Crippen molar-refractivity contribution in [3.05, 3.63) is 114 Å². The third-order valence-corrected chi connectivity index (χ3v) is 9.34. The summed E-state index contributed by atoms with van der Waals surface area (Å²) in [7, 11) is 0.